The Bertz CT molecular complexity index is 948. The maximum Gasteiger partial charge on any atom is 0.276 e. The van der Waals surface area contributed by atoms with E-state index in [0.717, 1.165) is 50.6 Å². The van der Waals surface area contributed by atoms with Crippen molar-refractivity contribution in [1.82, 2.24) is 15.6 Å². The molecule has 0 unspecified atom stereocenters. The highest BCUT2D eigenvalue weighted by atomic mass is 16.5. The third-order valence-electron chi connectivity index (χ3n) is 5.53. The van der Waals surface area contributed by atoms with Gasteiger partial charge in [-0.15, -0.1) is 0 Å². The number of hydrogen-bond acceptors (Lipinski definition) is 4. The lowest BCUT2D eigenvalue weighted by Gasteiger charge is -2.07. The predicted octanol–water partition coefficient (Wildman–Crippen LogP) is 5.00. The van der Waals surface area contributed by atoms with Crippen molar-refractivity contribution in [1.29, 1.82) is 0 Å². The second-order valence-corrected chi connectivity index (χ2v) is 8.84. The van der Waals surface area contributed by atoms with Gasteiger partial charge in [0, 0.05) is 26.4 Å². The molecule has 0 saturated heterocycles. The van der Waals surface area contributed by atoms with Gasteiger partial charge >= 0.3 is 0 Å². The molecule has 0 saturated carbocycles. The van der Waals surface area contributed by atoms with E-state index < -0.39 is 0 Å². The summed E-state index contributed by atoms with van der Waals surface area (Å²) in [6, 6.07) is 0. The van der Waals surface area contributed by atoms with Crippen molar-refractivity contribution in [2.45, 2.75) is 65.2 Å². The van der Waals surface area contributed by atoms with Gasteiger partial charge in [-0.2, -0.15) is 0 Å². The lowest BCUT2D eigenvalue weighted by atomic mass is 10.2. The van der Waals surface area contributed by atoms with Crippen LogP contribution in [0.5, 0.6) is 0 Å². The summed E-state index contributed by atoms with van der Waals surface area (Å²) in [5.41, 5.74) is 1.34. The number of nitrogens with zero attached hydrogens (tertiary/aromatic N) is 2. The second kappa shape index (κ2) is 22.8. The Morgan fingerprint density at radius 1 is 0.868 bits per heavy atom. The third kappa shape index (κ3) is 18.0. The molecule has 0 bridgehead atoms. The zero-order chi connectivity index (χ0) is 27.7. The number of amides is 2. The Kier molecular flexibility index (Phi) is 19.7. The van der Waals surface area contributed by atoms with Crippen LogP contribution < -0.4 is 15.2 Å². The zero-order valence-electron chi connectivity index (χ0n) is 23.5. The molecule has 1 heterocycles. The van der Waals surface area contributed by atoms with Crippen molar-refractivity contribution in [3.63, 3.8) is 0 Å². The number of nitrogens with one attached hydrogen (secondary N) is 2. The molecule has 0 fully saturated rings. The van der Waals surface area contributed by atoms with Gasteiger partial charge in [0.05, 0.1) is 19.4 Å². The normalized spacial score (nSPS) is 12.1. The van der Waals surface area contributed by atoms with Crippen LogP contribution in [0.2, 0.25) is 0 Å². The molecule has 1 rings (SSSR count). The highest BCUT2D eigenvalue weighted by Crippen LogP contribution is 1.99. The van der Waals surface area contributed by atoms with Gasteiger partial charge in [0.25, 0.3) is 5.91 Å². The van der Waals surface area contributed by atoms with E-state index >= 15 is 0 Å². The van der Waals surface area contributed by atoms with Crippen LogP contribution >= 0.6 is 0 Å². The molecule has 0 radical (unpaired) electrons. The number of aryl methyl sites for hydroxylation is 2. The third-order valence-corrected chi connectivity index (χ3v) is 5.53. The largest absolute Gasteiger partial charge is 0.378 e. The van der Waals surface area contributed by atoms with E-state index in [1.807, 2.05) is 18.5 Å². The van der Waals surface area contributed by atoms with Crippen LogP contribution in [0.4, 0.5) is 0 Å². The Hall–Kier alpha value is -3.32. The Balaban J connectivity index is 1.94. The number of allylic oxidation sites excluding steroid dienone is 10. The highest BCUT2D eigenvalue weighted by molar-refractivity contribution is 5.91. The fourth-order valence-electron chi connectivity index (χ4n) is 3.22. The first kappa shape index (κ1) is 32.7. The second-order valence-electron chi connectivity index (χ2n) is 8.84. The van der Waals surface area contributed by atoms with Gasteiger partial charge in [-0.1, -0.05) is 67.7 Å². The van der Waals surface area contributed by atoms with Crippen LogP contribution in [0.3, 0.4) is 0 Å². The number of hydrogen-bond donors (Lipinski definition) is 2. The number of carbonyl (C=O) groups is 2. The average molecular weight is 524 g/mol. The number of carbonyl (C=O) groups excluding carboxylic acids is 2. The molecule has 2 N–H and O–H groups in total. The fourth-order valence-corrected chi connectivity index (χ4v) is 3.22. The SMILES string of the molecule is CC/C=C\C/C=C\C/C=C\C/C=C\C/C=C\CCCC(=O)NCCOCCNC(=O)c1c[n+](C)c(C)cn1. The summed E-state index contributed by atoms with van der Waals surface area (Å²) in [6.07, 6.45) is 32.4. The smallest absolute Gasteiger partial charge is 0.276 e. The van der Waals surface area contributed by atoms with Crippen molar-refractivity contribution in [3.05, 3.63) is 84.5 Å². The van der Waals surface area contributed by atoms with Crippen molar-refractivity contribution < 1.29 is 18.9 Å². The molecule has 2 amide bonds. The van der Waals surface area contributed by atoms with E-state index in [1.165, 1.54) is 0 Å². The molecule has 0 aromatic carbocycles. The van der Waals surface area contributed by atoms with Crippen LogP contribution in [0.25, 0.3) is 0 Å². The van der Waals surface area contributed by atoms with Gasteiger partial charge < -0.3 is 15.4 Å². The zero-order valence-corrected chi connectivity index (χ0v) is 23.5. The summed E-state index contributed by atoms with van der Waals surface area (Å²) in [4.78, 5) is 28.1. The maximum atomic E-state index is 12.1. The van der Waals surface area contributed by atoms with Crippen LogP contribution in [0.15, 0.2) is 73.2 Å². The van der Waals surface area contributed by atoms with E-state index in [2.05, 4.69) is 83.3 Å². The maximum absolute atomic E-state index is 12.1. The first-order valence-electron chi connectivity index (χ1n) is 13.7. The molecular weight excluding hydrogens is 476 g/mol. The lowest BCUT2D eigenvalue weighted by molar-refractivity contribution is -0.678. The van der Waals surface area contributed by atoms with E-state index in [0.29, 0.717) is 38.4 Å². The van der Waals surface area contributed by atoms with Gasteiger partial charge in [0.2, 0.25) is 5.91 Å². The van der Waals surface area contributed by atoms with Gasteiger partial charge in [0.1, 0.15) is 7.05 Å². The molecule has 208 valence electrons. The van der Waals surface area contributed by atoms with Crippen LogP contribution in [-0.4, -0.2) is 43.1 Å². The van der Waals surface area contributed by atoms with Crippen LogP contribution in [-0.2, 0) is 16.6 Å². The predicted molar refractivity (Wildman–Crippen MR) is 155 cm³/mol. The molecule has 0 aliphatic carbocycles. The van der Waals surface area contributed by atoms with Crippen LogP contribution in [0, 0.1) is 6.92 Å². The summed E-state index contributed by atoms with van der Waals surface area (Å²) in [5, 5.41) is 5.64. The van der Waals surface area contributed by atoms with Crippen molar-refractivity contribution in [2.75, 3.05) is 26.3 Å². The topological polar surface area (TPSA) is 84.2 Å². The van der Waals surface area contributed by atoms with Gasteiger partial charge in [-0.3, -0.25) is 9.59 Å². The summed E-state index contributed by atoms with van der Waals surface area (Å²) in [5.74, 6) is -0.197. The molecule has 1 aromatic heterocycles. The summed E-state index contributed by atoms with van der Waals surface area (Å²) in [7, 11) is 1.87. The first-order valence-corrected chi connectivity index (χ1v) is 13.7. The summed E-state index contributed by atoms with van der Waals surface area (Å²) >= 11 is 0. The highest BCUT2D eigenvalue weighted by Gasteiger charge is 2.12. The van der Waals surface area contributed by atoms with E-state index in [1.54, 1.807) is 12.4 Å². The van der Waals surface area contributed by atoms with E-state index in [-0.39, 0.29) is 11.8 Å². The number of ether oxygens (including phenoxy) is 1. The molecule has 7 heteroatoms. The van der Waals surface area contributed by atoms with Crippen molar-refractivity contribution >= 4 is 11.8 Å². The minimum Gasteiger partial charge on any atom is -0.378 e. The molecule has 0 aliphatic heterocycles. The molecule has 38 heavy (non-hydrogen) atoms. The van der Waals surface area contributed by atoms with Crippen LogP contribution in [0.1, 0.15) is 74.5 Å². The molecule has 7 nitrogen and oxygen atoms in total. The van der Waals surface area contributed by atoms with Crippen molar-refractivity contribution in [3.8, 4) is 0 Å². The number of aromatic nitrogens is 2. The molecule has 0 atom stereocenters. The Labute approximate surface area is 229 Å². The quantitative estimate of drug-likeness (QED) is 0.143. The summed E-state index contributed by atoms with van der Waals surface area (Å²) in [6.45, 7) is 5.71. The number of unbranched alkanes of at least 4 members (excludes halogenated alkanes) is 1. The molecule has 0 aliphatic rings. The monoisotopic (exact) mass is 523 g/mol. The molecular formula is C31H47N4O3+. The van der Waals surface area contributed by atoms with E-state index in [4.69, 9.17) is 4.74 Å². The number of rotatable bonds is 20. The standard InChI is InChI=1S/C31H46N4O3/c1-4-5-6-7-8-9-10-11-12-13-14-15-16-17-18-19-20-21-30(36)32-22-24-38-25-23-33-31(37)29-27-35(3)28(2)26-34-29/h5-6,8-9,11-12,14-15,17-18,26-27H,4,7,10,13,16,19-25H2,1-3H3,(H-,32,33,36,37)/p+1/b6-5-,9-8-,12-11-,15-14-,18-17-. The van der Waals surface area contributed by atoms with E-state index in [9.17, 15) is 9.59 Å². The fraction of sp³-hybridized carbons (Fsp3) is 0.484. The van der Waals surface area contributed by atoms with Gasteiger partial charge in [-0.05, 0) is 44.9 Å². The van der Waals surface area contributed by atoms with Gasteiger partial charge in [-0.25, -0.2) is 9.55 Å². The minimum atomic E-state index is -0.231. The molecule has 0 spiro atoms. The average Bonchev–Trinajstić information content (AvgIpc) is 2.91. The minimum absolute atomic E-state index is 0.0348. The molecule has 1 aromatic rings. The lowest BCUT2D eigenvalue weighted by Crippen LogP contribution is -2.36. The Morgan fingerprint density at radius 3 is 2.00 bits per heavy atom. The Morgan fingerprint density at radius 2 is 1.42 bits per heavy atom. The summed E-state index contributed by atoms with van der Waals surface area (Å²) < 4.78 is 7.32. The van der Waals surface area contributed by atoms with Crippen molar-refractivity contribution in [2.24, 2.45) is 7.05 Å². The van der Waals surface area contributed by atoms with Gasteiger partial charge in [0.15, 0.2) is 17.6 Å². The first-order chi connectivity index (χ1) is 18.5.